The topological polar surface area (TPSA) is 43.3 Å². The maximum Gasteiger partial charge on any atom is 0.192 e. The molecule has 0 unspecified atom stereocenters. The first kappa shape index (κ1) is 15.8. The molecule has 5 heteroatoms. The molecule has 2 heterocycles. The van der Waals surface area contributed by atoms with E-state index in [4.69, 9.17) is 19.3 Å². The number of methoxy groups -OCH3 is 2. The van der Waals surface area contributed by atoms with Gasteiger partial charge < -0.3 is 14.2 Å². The second-order valence-electron chi connectivity index (χ2n) is 6.77. The first-order valence-electron chi connectivity index (χ1n) is 8.40. The number of nitrogens with zero attached hydrogens (tertiary/aromatic N) is 2. The van der Waals surface area contributed by atoms with Gasteiger partial charge in [0.2, 0.25) is 0 Å². The third-order valence-electron chi connectivity index (χ3n) is 4.83. The Kier molecular flexibility index (Phi) is 3.60. The van der Waals surface area contributed by atoms with Crippen LogP contribution in [0.3, 0.4) is 0 Å². The maximum atomic E-state index is 6.25. The van der Waals surface area contributed by atoms with Gasteiger partial charge in [0.15, 0.2) is 17.2 Å². The quantitative estimate of drug-likeness (QED) is 0.849. The number of benzene rings is 2. The minimum atomic E-state index is -0.541. The van der Waals surface area contributed by atoms with Crippen molar-refractivity contribution in [3.05, 3.63) is 53.6 Å². The zero-order valence-corrected chi connectivity index (χ0v) is 14.9. The van der Waals surface area contributed by atoms with Gasteiger partial charge in [-0.05, 0) is 49.7 Å². The van der Waals surface area contributed by atoms with Gasteiger partial charge in [-0.1, -0.05) is 12.1 Å². The number of ether oxygens (including phenoxy) is 3. The Bertz CT molecular complexity index is 827. The molecule has 0 aromatic heterocycles. The lowest BCUT2D eigenvalue weighted by Gasteiger charge is -2.43. The van der Waals surface area contributed by atoms with E-state index in [0.29, 0.717) is 0 Å². The summed E-state index contributed by atoms with van der Waals surface area (Å²) in [5, 5.41) is 6.95. The normalized spacial score (nSPS) is 20.2. The van der Waals surface area contributed by atoms with Gasteiger partial charge >= 0.3 is 0 Å². The van der Waals surface area contributed by atoms with E-state index in [1.807, 2.05) is 38.1 Å². The molecule has 1 atom stereocenters. The van der Waals surface area contributed by atoms with Crippen LogP contribution in [0.25, 0.3) is 0 Å². The van der Waals surface area contributed by atoms with E-state index in [1.165, 1.54) is 0 Å². The van der Waals surface area contributed by atoms with Crippen molar-refractivity contribution >= 4 is 5.71 Å². The molecule has 0 saturated carbocycles. The molecule has 0 saturated heterocycles. The largest absolute Gasteiger partial charge is 0.497 e. The van der Waals surface area contributed by atoms with Gasteiger partial charge in [-0.15, -0.1) is 0 Å². The molecule has 0 fully saturated rings. The fourth-order valence-corrected chi connectivity index (χ4v) is 3.57. The molecule has 0 aliphatic carbocycles. The number of hydrogen-bond acceptors (Lipinski definition) is 5. The Hall–Kier alpha value is -2.69. The van der Waals surface area contributed by atoms with Crippen molar-refractivity contribution in [1.29, 1.82) is 0 Å². The zero-order valence-electron chi connectivity index (χ0n) is 14.9. The molecule has 2 aromatic rings. The molecule has 0 N–H and O–H groups in total. The van der Waals surface area contributed by atoms with Crippen LogP contribution < -0.4 is 14.2 Å². The van der Waals surface area contributed by atoms with Gasteiger partial charge in [-0.2, -0.15) is 5.10 Å². The molecular weight excluding hydrogens is 316 g/mol. The summed E-state index contributed by atoms with van der Waals surface area (Å²) < 4.78 is 17.0. The lowest BCUT2D eigenvalue weighted by Crippen LogP contribution is -2.48. The second kappa shape index (κ2) is 5.69. The minimum absolute atomic E-state index is 0.144. The SMILES string of the molecule is COc1ccc(C2=NN3[C@@H](C2)c2cccc(OC)c2OC3(C)C)cc1. The standard InChI is InChI=1S/C20H22N2O3/c1-20(2)22-17(15-6-5-7-18(24-4)19(15)25-20)12-16(21-22)13-8-10-14(23-3)11-9-13/h5-11,17H,12H2,1-4H3/t17-/m0/s1. The van der Waals surface area contributed by atoms with Crippen molar-refractivity contribution in [2.24, 2.45) is 5.10 Å². The summed E-state index contributed by atoms with van der Waals surface area (Å²) in [7, 11) is 3.35. The van der Waals surface area contributed by atoms with E-state index >= 15 is 0 Å². The summed E-state index contributed by atoms with van der Waals surface area (Å²) in [5.74, 6) is 2.43. The van der Waals surface area contributed by atoms with E-state index < -0.39 is 5.72 Å². The summed E-state index contributed by atoms with van der Waals surface area (Å²) in [6.45, 7) is 4.08. The Morgan fingerprint density at radius 3 is 2.52 bits per heavy atom. The van der Waals surface area contributed by atoms with Crippen LogP contribution in [0.2, 0.25) is 0 Å². The predicted octanol–water partition coefficient (Wildman–Crippen LogP) is 3.98. The van der Waals surface area contributed by atoms with Crippen molar-refractivity contribution in [1.82, 2.24) is 5.01 Å². The summed E-state index contributed by atoms with van der Waals surface area (Å²) in [6.07, 6.45) is 0.833. The van der Waals surface area contributed by atoms with E-state index in [2.05, 4.69) is 23.2 Å². The van der Waals surface area contributed by atoms with Crippen molar-refractivity contribution in [3.8, 4) is 17.2 Å². The number of rotatable bonds is 3. The van der Waals surface area contributed by atoms with Gasteiger partial charge in [0, 0.05) is 12.0 Å². The first-order valence-corrected chi connectivity index (χ1v) is 8.40. The van der Waals surface area contributed by atoms with E-state index in [1.54, 1.807) is 14.2 Å². The zero-order chi connectivity index (χ0) is 17.6. The van der Waals surface area contributed by atoms with Crippen LogP contribution in [-0.2, 0) is 0 Å². The maximum absolute atomic E-state index is 6.25. The van der Waals surface area contributed by atoms with Gasteiger partial charge in [0.25, 0.3) is 0 Å². The highest BCUT2D eigenvalue weighted by molar-refractivity contribution is 6.02. The number of hydrazone groups is 1. The monoisotopic (exact) mass is 338 g/mol. The van der Waals surface area contributed by atoms with Gasteiger partial charge in [0.05, 0.1) is 26.0 Å². The smallest absolute Gasteiger partial charge is 0.192 e. The van der Waals surface area contributed by atoms with Crippen LogP contribution >= 0.6 is 0 Å². The molecule has 4 rings (SSSR count). The van der Waals surface area contributed by atoms with E-state index in [-0.39, 0.29) is 6.04 Å². The minimum Gasteiger partial charge on any atom is -0.497 e. The lowest BCUT2D eigenvalue weighted by atomic mass is 9.95. The Balaban J connectivity index is 1.74. The molecular formula is C20H22N2O3. The van der Waals surface area contributed by atoms with Crippen molar-refractivity contribution in [2.45, 2.75) is 32.0 Å². The number of para-hydroxylation sites is 1. The molecule has 130 valence electrons. The van der Waals surface area contributed by atoms with Crippen LogP contribution in [0.4, 0.5) is 0 Å². The van der Waals surface area contributed by atoms with Crippen LogP contribution in [0.1, 0.15) is 37.4 Å². The average Bonchev–Trinajstić information content (AvgIpc) is 3.08. The number of hydrogen-bond donors (Lipinski definition) is 0. The highest BCUT2D eigenvalue weighted by atomic mass is 16.5. The Labute approximate surface area is 147 Å². The van der Waals surface area contributed by atoms with Crippen molar-refractivity contribution in [2.75, 3.05) is 14.2 Å². The predicted molar refractivity (Wildman–Crippen MR) is 96.4 cm³/mol. The molecule has 2 aromatic carbocycles. The first-order chi connectivity index (χ1) is 12.0. The summed E-state index contributed by atoms with van der Waals surface area (Å²) in [4.78, 5) is 0. The molecule has 5 nitrogen and oxygen atoms in total. The Morgan fingerprint density at radius 2 is 1.84 bits per heavy atom. The summed E-state index contributed by atoms with van der Waals surface area (Å²) >= 11 is 0. The van der Waals surface area contributed by atoms with Crippen molar-refractivity contribution < 1.29 is 14.2 Å². The van der Waals surface area contributed by atoms with Crippen LogP contribution in [0.15, 0.2) is 47.6 Å². The fraction of sp³-hybridized carbons (Fsp3) is 0.350. The van der Waals surface area contributed by atoms with Crippen LogP contribution in [-0.4, -0.2) is 30.7 Å². The van der Waals surface area contributed by atoms with E-state index in [9.17, 15) is 0 Å². The van der Waals surface area contributed by atoms with Crippen molar-refractivity contribution in [3.63, 3.8) is 0 Å². The van der Waals surface area contributed by atoms with Gasteiger partial charge in [0.1, 0.15) is 5.75 Å². The summed E-state index contributed by atoms with van der Waals surface area (Å²) in [6, 6.07) is 14.2. The van der Waals surface area contributed by atoms with Gasteiger partial charge in [-0.3, -0.25) is 0 Å². The molecule has 2 aliphatic heterocycles. The van der Waals surface area contributed by atoms with E-state index in [0.717, 1.165) is 40.5 Å². The van der Waals surface area contributed by atoms with Gasteiger partial charge in [-0.25, -0.2) is 5.01 Å². The highest BCUT2D eigenvalue weighted by Crippen LogP contribution is 2.49. The molecule has 0 bridgehead atoms. The number of fused-ring (bicyclic) bond motifs is 3. The summed E-state index contributed by atoms with van der Waals surface area (Å²) in [5.41, 5.74) is 2.74. The Morgan fingerprint density at radius 1 is 1.08 bits per heavy atom. The third kappa shape index (κ3) is 2.51. The highest BCUT2D eigenvalue weighted by Gasteiger charge is 2.45. The molecule has 25 heavy (non-hydrogen) atoms. The lowest BCUT2D eigenvalue weighted by molar-refractivity contribution is -0.0924. The van der Waals surface area contributed by atoms with Crippen LogP contribution in [0, 0.1) is 0 Å². The van der Waals surface area contributed by atoms with Crippen LogP contribution in [0.5, 0.6) is 17.2 Å². The second-order valence-corrected chi connectivity index (χ2v) is 6.77. The molecule has 0 amide bonds. The molecule has 0 spiro atoms. The average molecular weight is 338 g/mol. The molecule has 0 radical (unpaired) electrons. The third-order valence-corrected chi connectivity index (χ3v) is 4.83. The molecule has 2 aliphatic rings. The fourth-order valence-electron chi connectivity index (χ4n) is 3.57.